The lowest BCUT2D eigenvalue weighted by Crippen LogP contribution is -2.41. The van der Waals surface area contributed by atoms with Crippen LogP contribution in [0, 0.1) is 0 Å². The van der Waals surface area contributed by atoms with Gasteiger partial charge in [-0.15, -0.1) is 0 Å². The number of nitrogens with one attached hydrogen (secondary N) is 1. The molecule has 0 bridgehead atoms. The molecule has 2 heterocycles. The number of methoxy groups -OCH3 is 1. The van der Waals surface area contributed by atoms with Crippen molar-refractivity contribution in [3.8, 4) is 17.2 Å². The summed E-state index contributed by atoms with van der Waals surface area (Å²) in [5, 5.41) is 12.5. The second kappa shape index (κ2) is 7.29. The van der Waals surface area contributed by atoms with Crippen LogP contribution >= 0.6 is 0 Å². The monoisotopic (exact) mass is 343 g/mol. The Morgan fingerprint density at radius 2 is 2.28 bits per heavy atom. The first-order valence-electron chi connectivity index (χ1n) is 8.06. The van der Waals surface area contributed by atoms with Gasteiger partial charge in [-0.25, -0.2) is 4.79 Å². The molecule has 1 aliphatic heterocycles. The van der Waals surface area contributed by atoms with Crippen LogP contribution in [0.2, 0.25) is 0 Å². The van der Waals surface area contributed by atoms with Crippen LogP contribution in [0.25, 0.3) is 0 Å². The third-order valence-electron chi connectivity index (χ3n) is 4.16. The number of aromatic nitrogens is 1. The van der Waals surface area contributed by atoms with E-state index in [9.17, 15) is 9.90 Å². The Morgan fingerprint density at radius 1 is 1.44 bits per heavy atom. The molecule has 2 N–H and O–H groups in total. The van der Waals surface area contributed by atoms with E-state index in [4.69, 9.17) is 9.47 Å². The molecular weight excluding hydrogens is 322 g/mol. The van der Waals surface area contributed by atoms with Crippen molar-refractivity contribution < 1.29 is 19.4 Å². The van der Waals surface area contributed by atoms with Crippen molar-refractivity contribution in [3.05, 3.63) is 47.8 Å². The van der Waals surface area contributed by atoms with E-state index >= 15 is 0 Å². The highest BCUT2D eigenvalue weighted by molar-refractivity contribution is 5.75. The van der Waals surface area contributed by atoms with Gasteiger partial charge in [0.05, 0.1) is 32.4 Å². The molecule has 1 aliphatic rings. The quantitative estimate of drug-likeness (QED) is 0.894. The number of aromatic hydroxyl groups is 1. The van der Waals surface area contributed by atoms with Crippen molar-refractivity contribution in [1.82, 2.24) is 15.2 Å². The molecule has 1 aromatic carbocycles. The third kappa shape index (κ3) is 3.76. The highest BCUT2D eigenvalue weighted by atomic mass is 16.5. The van der Waals surface area contributed by atoms with Gasteiger partial charge < -0.3 is 24.8 Å². The first-order valence-corrected chi connectivity index (χ1v) is 8.06. The van der Waals surface area contributed by atoms with Crippen molar-refractivity contribution in [2.75, 3.05) is 20.3 Å². The van der Waals surface area contributed by atoms with Gasteiger partial charge in [0, 0.05) is 23.4 Å². The Morgan fingerprint density at radius 3 is 3.08 bits per heavy atom. The van der Waals surface area contributed by atoms with E-state index in [1.807, 2.05) is 13.0 Å². The molecule has 25 heavy (non-hydrogen) atoms. The molecule has 0 aliphatic carbocycles. The lowest BCUT2D eigenvalue weighted by molar-refractivity contribution is 0.184. The molecule has 0 fully saturated rings. The second-order valence-corrected chi connectivity index (χ2v) is 5.85. The predicted octanol–water partition coefficient (Wildman–Crippen LogP) is 2.46. The summed E-state index contributed by atoms with van der Waals surface area (Å²) in [6.45, 7) is 3.15. The highest BCUT2D eigenvalue weighted by Gasteiger charge is 2.22. The first-order chi connectivity index (χ1) is 12.1. The van der Waals surface area contributed by atoms with E-state index in [2.05, 4.69) is 10.3 Å². The number of carbonyl (C=O) groups is 1. The van der Waals surface area contributed by atoms with E-state index in [1.165, 1.54) is 0 Å². The van der Waals surface area contributed by atoms with E-state index in [0.29, 0.717) is 31.2 Å². The molecule has 0 spiro atoms. The third-order valence-corrected chi connectivity index (χ3v) is 4.16. The summed E-state index contributed by atoms with van der Waals surface area (Å²) in [6, 6.07) is 6.35. The van der Waals surface area contributed by atoms with Gasteiger partial charge in [-0.2, -0.15) is 0 Å². The van der Waals surface area contributed by atoms with Gasteiger partial charge in [-0.3, -0.25) is 4.98 Å². The molecule has 132 valence electrons. The summed E-state index contributed by atoms with van der Waals surface area (Å²) in [7, 11) is 1.58. The van der Waals surface area contributed by atoms with E-state index in [-0.39, 0.29) is 17.8 Å². The zero-order valence-corrected chi connectivity index (χ0v) is 14.2. The number of amides is 2. The molecular formula is C18H21N3O4. The van der Waals surface area contributed by atoms with Crippen LogP contribution in [0.15, 0.2) is 36.7 Å². The molecule has 1 aromatic heterocycles. The van der Waals surface area contributed by atoms with Gasteiger partial charge in [0.1, 0.15) is 23.9 Å². The molecule has 1 atom stereocenters. The zero-order chi connectivity index (χ0) is 17.8. The Kier molecular flexibility index (Phi) is 4.92. The van der Waals surface area contributed by atoms with Crippen LogP contribution in [0.4, 0.5) is 4.79 Å². The molecule has 7 heteroatoms. The summed E-state index contributed by atoms with van der Waals surface area (Å²) in [4.78, 5) is 18.4. The summed E-state index contributed by atoms with van der Waals surface area (Å²) in [5.74, 6) is 1.39. The van der Waals surface area contributed by atoms with Crippen LogP contribution in [0.3, 0.4) is 0 Å². The average Bonchev–Trinajstić information content (AvgIpc) is 2.83. The van der Waals surface area contributed by atoms with Gasteiger partial charge in [0.2, 0.25) is 0 Å². The first kappa shape index (κ1) is 16.9. The Bertz CT molecular complexity index is 766. The maximum atomic E-state index is 12.7. The van der Waals surface area contributed by atoms with Crippen molar-refractivity contribution >= 4 is 6.03 Å². The number of benzene rings is 1. The SMILES string of the molecule is COc1cnccc1C(C)NC(=O)N1CCOc2cc(O)ccc2C1. The van der Waals surface area contributed by atoms with Crippen LogP contribution in [-0.4, -0.2) is 41.3 Å². The van der Waals surface area contributed by atoms with Crippen molar-refractivity contribution in [2.24, 2.45) is 0 Å². The van der Waals surface area contributed by atoms with Gasteiger partial charge in [0.25, 0.3) is 0 Å². The molecule has 7 nitrogen and oxygen atoms in total. The van der Waals surface area contributed by atoms with E-state index in [1.54, 1.807) is 42.6 Å². The lowest BCUT2D eigenvalue weighted by atomic mass is 10.1. The molecule has 0 saturated carbocycles. The molecule has 3 rings (SSSR count). The standard InChI is InChI=1S/C18H21N3O4/c1-12(15-5-6-19-10-17(15)24-2)20-18(23)21-7-8-25-16-9-14(22)4-3-13(16)11-21/h3-6,9-10,12,22H,7-8,11H2,1-2H3,(H,20,23). The van der Waals surface area contributed by atoms with Gasteiger partial charge in [-0.05, 0) is 25.1 Å². The fraction of sp³-hybridized carbons (Fsp3) is 0.333. The minimum Gasteiger partial charge on any atom is -0.508 e. The number of phenolic OH excluding ortho intramolecular Hbond substituents is 1. The van der Waals surface area contributed by atoms with Crippen molar-refractivity contribution in [1.29, 1.82) is 0 Å². The maximum absolute atomic E-state index is 12.7. The number of urea groups is 1. The van der Waals surface area contributed by atoms with Crippen LogP contribution in [-0.2, 0) is 6.54 Å². The van der Waals surface area contributed by atoms with Crippen LogP contribution in [0.1, 0.15) is 24.1 Å². The Hall–Kier alpha value is -2.96. The van der Waals surface area contributed by atoms with E-state index in [0.717, 1.165) is 11.1 Å². The molecule has 1 unspecified atom stereocenters. The number of hydrogen-bond donors (Lipinski definition) is 2. The number of ether oxygens (including phenoxy) is 2. The minimum absolute atomic E-state index is 0.148. The normalized spacial score (nSPS) is 14.7. The van der Waals surface area contributed by atoms with E-state index < -0.39 is 0 Å². The summed E-state index contributed by atoms with van der Waals surface area (Å²) >= 11 is 0. The summed E-state index contributed by atoms with van der Waals surface area (Å²) < 4.78 is 10.9. The number of pyridine rings is 1. The number of fused-ring (bicyclic) bond motifs is 1. The van der Waals surface area contributed by atoms with Crippen LogP contribution < -0.4 is 14.8 Å². The largest absolute Gasteiger partial charge is 0.508 e. The zero-order valence-electron chi connectivity index (χ0n) is 14.2. The maximum Gasteiger partial charge on any atom is 0.318 e. The number of carbonyl (C=O) groups excluding carboxylic acids is 1. The minimum atomic E-state index is -0.228. The topological polar surface area (TPSA) is 83.9 Å². The summed E-state index contributed by atoms with van der Waals surface area (Å²) in [6.07, 6.45) is 3.30. The molecule has 0 radical (unpaired) electrons. The number of hydrogen-bond acceptors (Lipinski definition) is 5. The van der Waals surface area contributed by atoms with Crippen molar-refractivity contribution in [3.63, 3.8) is 0 Å². The fourth-order valence-electron chi connectivity index (χ4n) is 2.81. The fourth-order valence-corrected chi connectivity index (χ4v) is 2.81. The summed E-state index contributed by atoms with van der Waals surface area (Å²) in [5.41, 5.74) is 1.72. The second-order valence-electron chi connectivity index (χ2n) is 5.85. The van der Waals surface area contributed by atoms with Gasteiger partial charge in [-0.1, -0.05) is 0 Å². The number of phenols is 1. The Balaban J connectivity index is 1.71. The van der Waals surface area contributed by atoms with Crippen LogP contribution in [0.5, 0.6) is 17.2 Å². The highest BCUT2D eigenvalue weighted by Crippen LogP contribution is 2.28. The average molecular weight is 343 g/mol. The lowest BCUT2D eigenvalue weighted by Gasteiger charge is -2.24. The smallest absolute Gasteiger partial charge is 0.318 e. The number of nitrogens with zero attached hydrogens (tertiary/aromatic N) is 2. The predicted molar refractivity (Wildman–Crippen MR) is 91.7 cm³/mol. The molecule has 0 saturated heterocycles. The Labute approximate surface area is 146 Å². The van der Waals surface area contributed by atoms with Crippen molar-refractivity contribution in [2.45, 2.75) is 19.5 Å². The molecule has 2 aromatic rings. The van der Waals surface area contributed by atoms with Gasteiger partial charge in [0.15, 0.2) is 0 Å². The van der Waals surface area contributed by atoms with Gasteiger partial charge >= 0.3 is 6.03 Å². The molecule has 2 amide bonds. The number of rotatable bonds is 3.